The number of hydrogen-bond donors (Lipinski definition) is 2. The van der Waals surface area contributed by atoms with E-state index in [4.69, 9.17) is 5.11 Å². The summed E-state index contributed by atoms with van der Waals surface area (Å²) < 4.78 is 0. The molecule has 17 heavy (non-hydrogen) atoms. The number of carbonyl (C=O) groups is 1. The van der Waals surface area contributed by atoms with E-state index in [1.807, 2.05) is 6.07 Å². The first-order chi connectivity index (χ1) is 8.15. The van der Waals surface area contributed by atoms with Gasteiger partial charge in [-0.25, -0.2) is 4.79 Å². The van der Waals surface area contributed by atoms with Crippen molar-refractivity contribution in [3.63, 3.8) is 0 Å². The van der Waals surface area contributed by atoms with E-state index in [-0.39, 0.29) is 0 Å². The maximum atomic E-state index is 10.8. The molecule has 1 aromatic rings. The second-order valence-electron chi connectivity index (χ2n) is 5.05. The van der Waals surface area contributed by atoms with Gasteiger partial charge in [-0.1, -0.05) is 19.4 Å². The fraction of sp³-hybridized carbons (Fsp3) is 0.500. The van der Waals surface area contributed by atoms with Crippen LogP contribution < -0.4 is 5.32 Å². The molecule has 1 aliphatic carbocycles. The van der Waals surface area contributed by atoms with Crippen molar-refractivity contribution in [2.45, 2.75) is 26.2 Å². The summed E-state index contributed by atoms with van der Waals surface area (Å²) in [6.07, 6.45) is 3.89. The molecule has 0 saturated heterocycles. The fourth-order valence-corrected chi connectivity index (χ4v) is 2.53. The van der Waals surface area contributed by atoms with Gasteiger partial charge < -0.3 is 10.4 Å². The van der Waals surface area contributed by atoms with E-state index in [1.54, 1.807) is 18.2 Å². The standard InChI is InChI=1S/C14H19NO2/c1-10-5-6-11(7-10)9-15-13-4-2-3-12(8-13)14(16)17/h2-4,8,10-11,15H,5-7,9H2,1H3,(H,16,17). The van der Waals surface area contributed by atoms with Crippen LogP contribution in [0.1, 0.15) is 36.5 Å². The minimum Gasteiger partial charge on any atom is -0.478 e. The van der Waals surface area contributed by atoms with Crippen LogP contribution >= 0.6 is 0 Å². The maximum absolute atomic E-state index is 10.8. The van der Waals surface area contributed by atoms with Gasteiger partial charge in [0, 0.05) is 12.2 Å². The average Bonchev–Trinajstić information content (AvgIpc) is 2.73. The zero-order valence-corrected chi connectivity index (χ0v) is 10.1. The van der Waals surface area contributed by atoms with Crippen LogP contribution in [0.15, 0.2) is 24.3 Å². The van der Waals surface area contributed by atoms with Crippen LogP contribution in [-0.2, 0) is 0 Å². The van der Waals surface area contributed by atoms with Gasteiger partial charge in [-0.05, 0) is 42.9 Å². The van der Waals surface area contributed by atoms with E-state index >= 15 is 0 Å². The monoisotopic (exact) mass is 233 g/mol. The molecule has 0 amide bonds. The number of anilines is 1. The molecule has 0 bridgehead atoms. The van der Waals surface area contributed by atoms with Crippen LogP contribution in [0, 0.1) is 11.8 Å². The van der Waals surface area contributed by atoms with Crippen molar-refractivity contribution in [2.24, 2.45) is 11.8 Å². The topological polar surface area (TPSA) is 49.3 Å². The summed E-state index contributed by atoms with van der Waals surface area (Å²) in [4.78, 5) is 10.8. The lowest BCUT2D eigenvalue weighted by molar-refractivity contribution is 0.0697. The number of aromatic carboxylic acids is 1. The van der Waals surface area contributed by atoms with E-state index in [0.717, 1.165) is 24.1 Å². The second-order valence-corrected chi connectivity index (χ2v) is 5.05. The molecule has 0 heterocycles. The molecule has 2 rings (SSSR count). The highest BCUT2D eigenvalue weighted by atomic mass is 16.4. The Bertz CT molecular complexity index is 403. The molecular formula is C14H19NO2. The first-order valence-electron chi connectivity index (χ1n) is 6.22. The fourth-order valence-electron chi connectivity index (χ4n) is 2.53. The quantitative estimate of drug-likeness (QED) is 0.839. The third kappa shape index (κ3) is 3.22. The van der Waals surface area contributed by atoms with Crippen LogP contribution in [0.3, 0.4) is 0 Å². The number of carboxylic acids is 1. The van der Waals surface area contributed by atoms with Gasteiger partial charge in [-0.3, -0.25) is 0 Å². The lowest BCUT2D eigenvalue weighted by Gasteiger charge is -2.12. The Hall–Kier alpha value is -1.51. The van der Waals surface area contributed by atoms with E-state index in [9.17, 15) is 4.79 Å². The normalized spacial score (nSPS) is 23.6. The summed E-state index contributed by atoms with van der Waals surface area (Å²) in [6, 6.07) is 7.01. The van der Waals surface area contributed by atoms with Crippen molar-refractivity contribution in [1.29, 1.82) is 0 Å². The molecule has 1 aliphatic rings. The van der Waals surface area contributed by atoms with Gasteiger partial charge in [0.2, 0.25) is 0 Å². The maximum Gasteiger partial charge on any atom is 0.335 e. The number of rotatable bonds is 4. The van der Waals surface area contributed by atoms with Gasteiger partial charge in [0.05, 0.1) is 5.56 Å². The lowest BCUT2D eigenvalue weighted by atomic mass is 10.1. The van der Waals surface area contributed by atoms with Crippen molar-refractivity contribution in [1.82, 2.24) is 0 Å². The van der Waals surface area contributed by atoms with Gasteiger partial charge in [-0.2, -0.15) is 0 Å². The Morgan fingerprint density at radius 3 is 2.94 bits per heavy atom. The van der Waals surface area contributed by atoms with E-state index in [0.29, 0.717) is 5.56 Å². The highest BCUT2D eigenvalue weighted by molar-refractivity contribution is 5.88. The van der Waals surface area contributed by atoms with Gasteiger partial charge in [0.25, 0.3) is 0 Å². The van der Waals surface area contributed by atoms with E-state index in [1.165, 1.54) is 19.3 Å². The van der Waals surface area contributed by atoms with Crippen LogP contribution in [0.2, 0.25) is 0 Å². The molecule has 1 fully saturated rings. The Balaban J connectivity index is 1.90. The average molecular weight is 233 g/mol. The van der Waals surface area contributed by atoms with Crippen LogP contribution in [0.5, 0.6) is 0 Å². The minimum atomic E-state index is -0.872. The number of benzene rings is 1. The van der Waals surface area contributed by atoms with Crippen LogP contribution in [-0.4, -0.2) is 17.6 Å². The number of nitrogens with one attached hydrogen (secondary N) is 1. The molecule has 92 valence electrons. The Morgan fingerprint density at radius 2 is 2.29 bits per heavy atom. The Morgan fingerprint density at radius 1 is 1.47 bits per heavy atom. The van der Waals surface area contributed by atoms with Crippen molar-refractivity contribution in [2.75, 3.05) is 11.9 Å². The number of hydrogen-bond acceptors (Lipinski definition) is 2. The molecular weight excluding hydrogens is 214 g/mol. The zero-order chi connectivity index (χ0) is 12.3. The van der Waals surface area contributed by atoms with Crippen LogP contribution in [0.25, 0.3) is 0 Å². The van der Waals surface area contributed by atoms with Crippen LogP contribution in [0.4, 0.5) is 5.69 Å². The second kappa shape index (κ2) is 5.21. The van der Waals surface area contributed by atoms with E-state index in [2.05, 4.69) is 12.2 Å². The molecule has 3 nitrogen and oxygen atoms in total. The summed E-state index contributed by atoms with van der Waals surface area (Å²) in [7, 11) is 0. The van der Waals surface area contributed by atoms with Crippen molar-refractivity contribution in [3.05, 3.63) is 29.8 Å². The first-order valence-corrected chi connectivity index (χ1v) is 6.22. The van der Waals surface area contributed by atoms with Crippen molar-refractivity contribution >= 4 is 11.7 Å². The summed E-state index contributed by atoms with van der Waals surface area (Å²) >= 11 is 0. The minimum absolute atomic E-state index is 0.342. The third-order valence-corrected chi connectivity index (χ3v) is 3.51. The lowest BCUT2D eigenvalue weighted by Crippen LogP contribution is -2.11. The largest absolute Gasteiger partial charge is 0.478 e. The molecule has 0 aliphatic heterocycles. The van der Waals surface area contributed by atoms with Gasteiger partial charge in [-0.15, -0.1) is 0 Å². The summed E-state index contributed by atoms with van der Waals surface area (Å²) in [5, 5.41) is 12.2. The Kier molecular flexibility index (Phi) is 3.67. The summed E-state index contributed by atoms with van der Waals surface area (Å²) in [5.74, 6) is 0.703. The SMILES string of the molecule is CC1CCC(CNc2cccc(C(=O)O)c2)C1. The molecule has 0 aromatic heterocycles. The highest BCUT2D eigenvalue weighted by Gasteiger charge is 2.20. The molecule has 3 heteroatoms. The van der Waals surface area contributed by atoms with E-state index < -0.39 is 5.97 Å². The molecule has 2 unspecified atom stereocenters. The predicted octanol–water partition coefficient (Wildman–Crippen LogP) is 3.23. The van der Waals surface area contributed by atoms with Crippen molar-refractivity contribution in [3.8, 4) is 0 Å². The van der Waals surface area contributed by atoms with Gasteiger partial charge >= 0.3 is 5.97 Å². The molecule has 2 atom stereocenters. The molecule has 0 spiro atoms. The first kappa shape index (κ1) is 12.0. The van der Waals surface area contributed by atoms with Gasteiger partial charge in [0.1, 0.15) is 0 Å². The molecule has 0 radical (unpaired) electrons. The summed E-state index contributed by atoms with van der Waals surface area (Å²) in [5.41, 5.74) is 1.25. The van der Waals surface area contributed by atoms with Gasteiger partial charge in [0.15, 0.2) is 0 Å². The zero-order valence-electron chi connectivity index (χ0n) is 10.1. The molecule has 2 N–H and O–H groups in total. The van der Waals surface area contributed by atoms with Crippen molar-refractivity contribution < 1.29 is 9.90 Å². The molecule has 1 aromatic carbocycles. The smallest absolute Gasteiger partial charge is 0.335 e. The molecule has 1 saturated carbocycles. The Labute approximate surface area is 102 Å². The number of carboxylic acid groups (broad SMARTS) is 1. The summed E-state index contributed by atoms with van der Waals surface area (Å²) in [6.45, 7) is 3.25. The highest BCUT2D eigenvalue weighted by Crippen LogP contribution is 2.30. The third-order valence-electron chi connectivity index (χ3n) is 3.51. The predicted molar refractivity (Wildman–Crippen MR) is 68.4 cm³/mol.